The lowest BCUT2D eigenvalue weighted by Crippen LogP contribution is -2.36. The fraction of sp³-hybridized carbons (Fsp3) is 0.286. The summed E-state index contributed by atoms with van der Waals surface area (Å²) in [5.41, 5.74) is -0.225. The second-order valence-corrected chi connectivity index (χ2v) is 4.65. The molecule has 6 heteroatoms. The molecule has 0 aromatic heterocycles. The Morgan fingerprint density at radius 1 is 1.50 bits per heavy atom. The summed E-state index contributed by atoms with van der Waals surface area (Å²) in [4.78, 5) is 24.3. The van der Waals surface area contributed by atoms with Gasteiger partial charge < -0.3 is 10.0 Å². The van der Waals surface area contributed by atoms with Crippen LogP contribution in [0.3, 0.4) is 0 Å². The smallest absolute Gasteiger partial charge is 0.331 e. The summed E-state index contributed by atoms with van der Waals surface area (Å²) in [7, 11) is 0. The molecule has 1 heterocycles. The van der Waals surface area contributed by atoms with E-state index >= 15 is 0 Å². The average Bonchev–Trinajstić information content (AvgIpc) is 2.73. The number of hydrogen-bond acceptors (Lipinski definition) is 2. The molecule has 4 nitrogen and oxygen atoms in total. The number of likely N-dealkylation sites (tertiary alicyclic amines) is 1. The van der Waals surface area contributed by atoms with E-state index in [4.69, 9.17) is 0 Å². The van der Waals surface area contributed by atoms with Crippen molar-refractivity contribution in [3.05, 3.63) is 48.1 Å². The van der Waals surface area contributed by atoms with Crippen molar-refractivity contribution in [1.82, 2.24) is 4.90 Å². The lowest BCUT2D eigenvalue weighted by Gasteiger charge is -2.25. The quantitative estimate of drug-likeness (QED) is 0.860. The lowest BCUT2D eigenvalue weighted by atomic mass is 10.0. The highest BCUT2D eigenvalue weighted by Gasteiger charge is 2.38. The van der Waals surface area contributed by atoms with Crippen LogP contribution in [0.25, 0.3) is 0 Å². The van der Waals surface area contributed by atoms with Gasteiger partial charge in [0.15, 0.2) is 6.04 Å². The van der Waals surface area contributed by atoms with Crippen LogP contribution in [-0.2, 0) is 9.59 Å². The second-order valence-electron chi connectivity index (χ2n) is 4.65. The summed E-state index contributed by atoms with van der Waals surface area (Å²) in [5.74, 6) is -3.67. The number of carbonyl (C=O) groups is 2. The van der Waals surface area contributed by atoms with Gasteiger partial charge in [-0.15, -0.1) is 6.58 Å². The van der Waals surface area contributed by atoms with Crippen molar-refractivity contribution in [3.63, 3.8) is 0 Å². The third-order valence-electron chi connectivity index (χ3n) is 3.32. The Labute approximate surface area is 114 Å². The molecule has 1 N–H and O–H groups in total. The van der Waals surface area contributed by atoms with E-state index in [2.05, 4.69) is 6.58 Å². The fourth-order valence-electron chi connectivity index (χ4n) is 2.33. The molecular formula is C14H13F2NO3. The second kappa shape index (κ2) is 5.40. The van der Waals surface area contributed by atoms with E-state index in [0.29, 0.717) is 6.07 Å². The van der Waals surface area contributed by atoms with Gasteiger partial charge in [-0.1, -0.05) is 12.1 Å². The third kappa shape index (κ3) is 2.54. The molecule has 106 valence electrons. The minimum absolute atomic E-state index is 0.149. The molecular weight excluding hydrogens is 268 g/mol. The van der Waals surface area contributed by atoms with E-state index in [9.17, 15) is 23.5 Å². The lowest BCUT2D eigenvalue weighted by molar-refractivity contribution is -0.148. The number of rotatable bonds is 4. The highest BCUT2D eigenvalue weighted by molar-refractivity contribution is 5.86. The molecule has 0 saturated carbocycles. The van der Waals surface area contributed by atoms with Crippen molar-refractivity contribution in [1.29, 1.82) is 0 Å². The molecule has 1 saturated heterocycles. The maximum absolute atomic E-state index is 13.8. The van der Waals surface area contributed by atoms with Gasteiger partial charge >= 0.3 is 5.97 Å². The standard InChI is InChI=1S/C14H13F2NO3/c1-2-8-5-12(18)17(7-8)13(14(19)20)10-4-3-9(15)6-11(10)16/h2-4,6,8,13H,1,5,7H2,(H,19,20). The maximum Gasteiger partial charge on any atom is 0.331 e. The topological polar surface area (TPSA) is 57.6 Å². The Morgan fingerprint density at radius 2 is 2.20 bits per heavy atom. The van der Waals surface area contributed by atoms with Crippen LogP contribution >= 0.6 is 0 Å². The zero-order chi connectivity index (χ0) is 14.9. The Hall–Kier alpha value is -2.24. The molecule has 2 rings (SSSR count). The summed E-state index contributed by atoms with van der Waals surface area (Å²) >= 11 is 0. The van der Waals surface area contributed by atoms with Crippen LogP contribution in [0.5, 0.6) is 0 Å². The van der Waals surface area contributed by atoms with Crippen molar-refractivity contribution in [3.8, 4) is 0 Å². The average molecular weight is 281 g/mol. The van der Waals surface area contributed by atoms with Gasteiger partial charge in [0.05, 0.1) is 0 Å². The van der Waals surface area contributed by atoms with Gasteiger partial charge in [0.2, 0.25) is 5.91 Å². The minimum atomic E-state index is -1.45. The molecule has 1 aromatic carbocycles. The molecule has 1 aliphatic rings. The Bertz CT molecular complexity index is 574. The number of amides is 1. The van der Waals surface area contributed by atoms with E-state index in [1.807, 2.05) is 0 Å². The summed E-state index contributed by atoms with van der Waals surface area (Å²) < 4.78 is 26.7. The number of halogens is 2. The van der Waals surface area contributed by atoms with Crippen LogP contribution in [0.1, 0.15) is 18.0 Å². The zero-order valence-corrected chi connectivity index (χ0v) is 10.6. The van der Waals surface area contributed by atoms with E-state index in [0.717, 1.165) is 17.0 Å². The molecule has 0 spiro atoms. The van der Waals surface area contributed by atoms with E-state index in [-0.39, 0.29) is 30.4 Å². The molecule has 1 amide bonds. The van der Waals surface area contributed by atoms with Gasteiger partial charge in [0, 0.05) is 30.5 Å². The monoisotopic (exact) mass is 281 g/mol. The van der Waals surface area contributed by atoms with Crippen molar-refractivity contribution in [2.45, 2.75) is 12.5 Å². The number of hydrogen-bond donors (Lipinski definition) is 1. The molecule has 20 heavy (non-hydrogen) atoms. The fourth-order valence-corrected chi connectivity index (χ4v) is 2.33. The van der Waals surface area contributed by atoms with Gasteiger partial charge in [-0.25, -0.2) is 13.6 Å². The largest absolute Gasteiger partial charge is 0.479 e. The SMILES string of the molecule is C=CC1CC(=O)N(C(C(=O)O)c2ccc(F)cc2F)C1. The Kier molecular flexibility index (Phi) is 3.83. The highest BCUT2D eigenvalue weighted by atomic mass is 19.1. The molecule has 0 aliphatic carbocycles. The van der Waals surface area contributed by atoms with Gasteiger partial charge in [-0.2, -0.15) is 0 Å². The van der Waals surface area contributed by atoms with Crippen LogP contribution < -0.4 is 0 Å². The molecule has 2 unspecified atom stereocenters. The van der Waals surface area contributed by atoms with Crippen molar-refractivity contribution in [2.24, 2.45) is 5.92 Å². The first-order valence-corrected chi connectivity index (χ1v) is 6.03. The Morgan fingerprint density at radius 3 is 2.70 bits per heavy atom. The molecule has 0 radical (unpaired) electrons. The molecule has 1 fully saturated rings. The number of nitrogens with zero attached hydrogens (tertiary/aromatic N) is 1. The summed E-state index contributed by atoms with van der Waals surface area (Å²) in [6, 6.07) is 1.18. The van der Waals surface area contributed by atoms with Gasteiger partial charge in [0.25, 0.3) is 0 Å². The highest BCUT2D eigenvalue weighted by Crippen LogP contribution is 2.31. The third-order valence-corrected chi connectivity index (χ3v) is 3.32. The Balaban J connectivity index is 2.39. The van der Waals surface area contributed by atoms with E-state index < -0.39 is 23.6 Å². The van der Waals surface area contributed by atoms with Crippen LogP contribution in [0, 0.1) is 17.6 Å². The molecule has 0 bridgehead atoms. The predicted octanol–water partition coefficient (Wildman–Crippen LogP) is 2.12. The van der Waals surface area contributed by atoms with Crippen molar-refractivity contribution < 1.29 is 23.5 Å². The van der Waals surface area contributed by atoms with Crippen LogP contribution in [0.2, 0.25) is 0 Å². The normalized spacial score (nSPS) is 20.0. The maximum atomic E-state index is 13.8. The van der Waals surface area contributed by atoms with Gasteiger partial charge in [-0.3, -0.25) is 4.79 Å². The number of benzene rings is 1. The minimum Gasteiger partial charge on any atom is -0.479 e. The first kappa shape index (κ1) is 14.2. The van der Waals surface area contributed by atoms with E-state index in [1.165, 1.54) is 0 Å². The molecule has 1 aromatic rings. The number of aliphatic carboxylic acids is 1. The van der Waals surface area contributed by atoms with Crippen molar-refractivity contribution in [2.75, 3.05) is 6.54 Å². The predicted molar refractivity (Wildman–Crippen MR) is 66.8 cm³/mol. The zero-order valence-electron chi connectivity index (χ0n) is 10.6. The first-order chi connectivity index (χ1) is 9.43. The summed E-state index contributed by atoms with van der Waals surface area (Å²) in [6.07, 6.45) is 1.72. The number of carbonyl (C=O) groups excluding carboxylic acids is 1. The molecule has 2 atom stereocenters. The van der Waals surface area contributed by atoms with Crippen LogP contribution in [0.4, 0.5) is 8.78 Å². The van der Waals surface area contributed by atoms with E-state index in [1.54, 1.807) is 6.08 Å². The number of carboxylic acids is 1. The first-order valence-electron chi connectivity index (χ1n) is 6.03. The summed E-state index contributed by atoms with van der Waals surface area (Å²) in [5, 5.41) is 9.28. The van der Waals surface area contributed by atoms with Crippen LogP contribution in [0.15, 0.2) is 30.9 Å². The van der Waals surface area contributed by atoms with Crippen LogP contribution in [-0.4, -0.2) is 28.4 Å². The summed E-state index contributed by atoms with van der Waals surface area (Å²) in [6.45, 7) is 3.73. The van der Waals surface area contributed by atoms with Crippen molar-refractivity contribution >= 4 is 11.9 Å². The number of carboxylic acid groups (broad SMARTS) is 1. The van der Waals surface area contributed by atoms with Gasteiger partial charge in [-0.05, 0) is 6.07 Å². The van der Waals surface area contributed by atoms with Gasteiger partial charge in [0.1, 0.15) is 11.6 Å². The molecule has 1 aliphatic heterocycles.